The SMILES string of the molecule is CC1(C)OC(=O)C(C[C@@H](Cc2ccc(-c3ccccc3)cc2)NBC=O)C(=O)O1. The first-order valence-corrected chi connectivity index (χ1v) is 9.65. The van der Waals surface area contributed by atoms with Crippen LogP contribution in [-0.2, 0) is 30.3 Å². The fourth-order valence-corrected chi connectivity index (χ4v) is 3.42. The zero-order chi connectivity index (χ0) is 20.9. The van der Waals surface area contributed by atoms with Crippen LogP contribution in [0.5, 0.6) is 0 Å². The Hall–Kier alpha value is -2.93. The molecule has 0 bridgehead atoms. The normalized spacial score (nSPS) is 17.2. The summed E-state index contributed by atoms with van der Waals surface area (Å²) in [6.45, 7) is 3.05. The highest BCUT2D eigenvalue weighted by molar-refractivity contribution is 6.64. The van der Waals surface area contributed by atoms with E-state index in [2.05, 4.69) is 5.23 Å². The van der Waals surface area contributed by atoms with Crippen molar-refractivity contribution >= 4 is 25.5 Å². The standard InChI is InChI=1S/C22H24BNO5/c1-22(2)28-20(26)19(21(27)29-22)13-18(24-23-14-25)12-15-8-10-17(11-9-15)16-6-4-3-5-7-16/h3-11,14,18-19,23-24H,12-13H2,1-2H3/t18-/m1/s1. The van der Waals surface area contributed by atoms with Gasteiger partial charge in [0.2, 0.25) is 0 Å². The zero-order valence-electron chi connectivity index (χ0n) is 16.6. The lowest BCUT2D eigenvalue weighted by Crippen LogP contribution is -2.49. The van der Waals surface area contributed by atoms with Gasteiger partial charge in [-0.05, 0) is 29.5 Å². The van der Waals surface area contributed by atoms with E-state index in [0.29, 0.717) is 6.42 Å². The van der Waals surface area contributed by atoms with E-state index in [4.69, 9.17) is 9.47 Å². The fourth-order valence-electron chi connectivity index (χ4n) is 3.42. The summed E-state index contributed by atoms with van der Waals surface area (Å²) in [7, 11) is 0.134. The zero-order valence-corrected chi connectivity index (χ0v) is 16.6. The summed E-state index contributed by atoms with van der Waals surface area (Å²) in [5.41, 5.74) is 3.27. The Bertz CT molecular complexity index is 847. The number of ether oxygens (including phenoxy) is 2. The van der Waals surface area contributed by atoms with Crippen LogP contribution >= 0.6 is 0 Å². The molecule has 29 heavy (non-hydrogen) atoms. The molecule has 6 nitrogen and oxygen atoms in total. The predicted molar refractivity (Wildman–Crippen MR) is 111 cm³/mol. The first kappa shape index (κ1) is 20.8. The average molecular weight is 393 g/mol. The minimum atomic E-state index is -1.25. The number of cyclic esters (lactones) is 2. The number of esters is 2. The first-order valence-electron chi connectivity index (χ1n) is 9.65. The first-order chi connectivity index (χ1) is 13.9. The molecule has 0 spiro atoms. The van der Waals surface area contributed by atoms with Crippen molar-refractivity contribution in [2.24, 2.45) is 5.92 Å². The van der Waals surface area contributed by atoms with E-state index in [9.17, 15) is 14.4 Å². The molecule has 7 heteroatoms. The molecule has 0 radical (unpaired) electrons. The maximum absolute atomic E-state index is 12.3. The van der Waals surface area contributed by atoms with Gasteiger partial charge in [0.15, 0.2) is 5.92 Å². The average Bonchev–Trinajstić information content (AvgIpc) is 2.69. The van der Waals surface area contributed by atoms with Gasteiger partial charge in [-0.2, -0.15) is 0 Å². The van der Waals surface area contributed by atoms with E-state index in [-0.39, 0.29) is 19.9 Å². The molecule has 2 aromatic rings. The van der Waals surface area contributed by atoms with Gasteiger partial charge in [0, 0.05) is 19.9 Å². The van der Waals surface area contributed by atoms with Crippen molar-refractivity contribution in [1.29, 1.82) is 0 Å². The molecule has 0 saturated carbocycles. The minimum Gasteiger partial charge on any atom is -0.422 e. The Labute approximate surface area is 170 Å². The van der Waals surface area contributed by atoms with Crippen molar-refractivity contribution in [2.75, 3.05) is 0 Å². The highest BCUT2D eigenvalue weighted by atomic mass is 16.7. The second-order valence-electron chi connectivity index (χ2n) is 7.57. The van der Waals surface area contributed by atoms with Crippen LogP contribution in [0.15, 0.2) is 54.6 Å². The lowest BCUT2D eigenvalue weighted by molar-refractivity contribution is -0.240. The Balaban J connectivity index is 1.70. The topological polar surface area (TPSA) is 81.7 Å². The molecule has 1 heterocycles. The molecular weight excluding hydrogens is 369 g/mol. The fraction of sp³-hybridized carbons (Fsp3) is 0.318. The van der Waals surface area contributed by atoms with Gasteiger partial charge in [-0.3, -0.25) is 9.59 Å². The van der Waals surface area contributed by atoms with Crippen LogP contribution in [0.25, 0.3) is 11.1 Å². The molecule has 2 aromatic carbocycles. The van der Waals surface area contributed by atoms with Gasteiger partial charge in [0.1, 0.15) is 0 Å². The van der Waals surface area contributed by atoms with Gasteiger partial charge in [0.25, 0.3) is 13.2 Å². The quantitative estimate of drug-likeness (QED) is 0.321. The molecule has 1 aliphatic heterocycles. The number of carbonyl (C=O) groups excluding carboxylic acids is 3. The molecule has 0 amide bonds. The molecule has 150 valence electrons. The van der Waals surface area contributed by atoms with Crippen molar-refractivity contribution in [1.82, 2.24) is 5.23 Å². The lowest BCUT2D eigenvalue weighted by atomic mass is 9.88. The molecule has 3 rings (SSSR count). The van der Waals surface area contributed by atoms with Gasteiger partial charge in [-0.1, -0.05) is 54.6 Å². The van der Waals surface area contributed by atoms with E-state index in [1.807, 2.05) is 54.6 Å². The van der Waals surface area contributed by atoms with Crippen molar-refractivity contribution < 1.29 is 23.9 Å². The summed E-state index contributed by atoms with van der Waals surface area (Å²) in [5.74, 6) is -3.44. The Morgan fingerprint density at radius 3 is 2.17 bits per heavy atom. The monoisotopic (exact) mass is 393 g/mol. The van der Waals surface area contributed by atoms with Crippen LogP contribution in [0.4, 0.5) is 0 Å². The molecule has 1 atom stereocenters. The van der Waals surface area contributed by atoms with Crippen LogP contribution in [0.2, 0.25) is 0 Å². The Morgan fingerprint density at radius 2 is 1.59 bits per heavy atom. The van der Waals surface area contributed by atoms with Crippen LogP contribution in [-0.4, -0.2) is 37.4 Å². The third kappa shape index (κ3) is 5.54. The van der Waals surface area contributed by atoms with E-state index >= 15 is 0 Å². The van der Waals surface area contributed by atoms with Crippen molar-refractivity contribution in [3.63, 3.8) is 0 Å². The smallest absolute Gasteiger partial charge is 0.323 e. The van der Waals surface area contributed by atoms with E-state index in [1.165, 1.54) is 13.8 Å². The summed E-state index contributed by atoms with van der Waals surface area (Å²) < 4.78 is 10.4. The lowest BCUT2D eigenvalue weighted by Gasteiger charge is -2.34. The third-order valence-electron chi connectivity index (χ3n) is 4.82. The van der Waals surface area contributed by atoms with Crippen molar-refractivity contribution in [3.8, 4) is 11.1 Å². The highest BCUT2D eigenvalue weighted by Gasteiger charge is 2.43. The van der Waals surface area contributed by atoms with Crippen molar-refractivity contribution in [2.45, 2.75) is 38.5 Å². The van der Waals surface area contributed by atoms with Crippen LogP contribution in [0.1, 0.15) is 25.8 Å². The van der Waals surface area contributed by atoms with Crippen molar-refractivity contribution in [3.05, 3.63) is 60.2 Å². The van der Waals surface area contributed by atoms with Gasteiger partial charge < -0.3 is 19.5 Å². The number of rotatable bonds is 8. The second-order valence-corrected chi connectivity index (χ2v) is 7.57. The predicted octanol–water partition coefficient (Wildman–Crippen LogP) is 2.24. The van der Waals surface area contributed by atoms with E-state index in [0.717, 1.165) is 22.9 Å². The summed E-state index contributed by atoms with van der Waals surface area (Å²) >= 11 is 0. The number of carbonyl (C=O) groups is 3. The van der Waals surface area contributed by atoms with Gasteiger partial charge in [0.05, 0.1) is 6.19 Å². The van der Waals surface area contributed by atoms with E-state index in [1.54, 1.807) is 0 Å². The summed E-state index contributed by atoms with van der Waals surface area (Å²) in [4.78, 5) is 35.3. The molecule has 1 fully saturated rings. The molecule has 0 unspecified atom stereocenters. The van der Waals surface area contributed by atoms with Gasteiger partial charge in [-0.25, -0.2) is 0 Å². The molecule has 0 aromatic heterocycles. The summed E-state index contributed by atoms with van der Waals surface area (Å²) in [6.07, 6.45) is 1.51. The van der Waals surface area contributed by atoms with Crippen LogP contribution < -0.4 is 5.23 Å². The van der Waals surface area contributed by atoms with E-state index < -0.39 is 23.6 Å². The third-order valence-corrected chi connectivity index (χ3v) is 4.82. The maximum Gasteiger partial charge on any atom is 0.323 e. The number of nitrogens with one attached hydrogen (secondary N) is 1. The highest BCUT2D eigenvalue weighted by Crippen LogP contribution is 2.27. The summed E-state index contributed by atoms with van der Waals surface area (Å²) in [6, 6.07) is 17.9. The molecule has 0 aliphatic carbocycles. The second kappa shape index (κ2) is 9.05. The van der Waals surface area contributed by atoms with Crippen LogP contribution in [0, 0.1) is 5.92 Å². The Morgan fingerprint density at radius 1 is 1.00 bits per heavy atom. The maximum atomic E-state index is 12.3. The largest absolute Gasteiger partial charge is 0.422 e. The Kier molecular flexibility index (Phi) is 6.49. The number of hydrogen-bond donors (Lipinski definition) is 1. The van der Waals surface area contributed by atoms with Crippen LogP contribution in [0.3, 0.4) is 0 Å². The number of benzene rings is 2. The number of hydrogen-bond acceptors (Lipinski definition) is 6. The van der Waals surface area contributed by atoms with Gasteiger partial charge >= 0.3 is 11.9 Å². The molecule has 1 N–H and O–H groups in total. The molecular formula is C22H24BNO5. The summed E-state index contributed by atoms with van der Waals surface area (Å²) in [5, 5.41) is 3.09. The molecule has 1 aliphatic rings. The minimum absolute atomic E-state index is 0.134. The molecule has 1 saturated heterocycles. The van der Waals surface area contributed by atoms with Gasteiger partial charge in [-0.15, -0.1) is 0 Å².